The number of hydrogen-bond acceptors (Lipinski definition) is 4. The molecule has 3 amide bonds. The van der Waals surface area contributed by atoms with Crippen molar-refractivity contribution in [2.24, 2.45) is 0 Å². The highest BCUT2D eigenvalue weighted by Crippen LogP contribution is 2.23. The summed E-state index contributed by atoms with van der Waals surface area (Å²) in [5, 5.41) is 9.25. The highest BCUT2D eigenvalue weighted by Gasteiger charge is 2.19. The molecule has 1 saturated carbocycles. The van der Waals surface area contributed by atoms with E-state index in [9.17, 15) is 14.4 Å². The van der Waals surface area contributed by atoms with E-state index in [-0.39, 0.29) is 30.3 Å². The number of halogens is 1. The lowest BCUT2D eigenvalue weighted by Crippen LogP contribution is -2.36. The van der Waals surface area contributed by atoms with Gasteiger partial charge in [-0.15, -0.1) is 0 Å². The Bertz CT molecular complexity index is 1240. The molecule has 0 aromatic heterocycles. The largest absolute Gasteiger partial charge is 0.376 e. The van der Waals surface area contributed by atoms with Crippen LogP contribution in [0, 0.1) is 0 Å². The third kappa shape index (κ3) is 7.11. The first kappa shape index (κ1) is 26.2. The van der Waals surface area contributed by atoms with Crippen LogP contribution in [0.15, 0.2) is 72.8 Å². The number of hydrogen-bond donors (Lipinski definition) is 3. The molecule has 4 rings (SSSR count). The Labute approximate surface area is 222 Å². The molecule has 0 unspecified atom stereocenters. The van der Waals surface area contributed by atoms with Crippen molar-refractivity contribution in [1.82, 2.24) is 5.32 Å². The van der Waals surface area contributed by atoms with Crippen LogP contribution >= 0.6 is 11.6 Å². The third-order valence-corrected chi connectivity index (χ3v) is 6.80. The SMILES string of the molecule is CN(C(=O)c1ccc(NCC(=O)Nc2ccc(Cl)c(C(=O)NC3CCCCC3)c2)cc1)c1ccccc1. The number of carbonyl (C=O) groups excluding carboxylic acids is 3. The van der Waals surface area contributed by atoms with Gasteiger partial charge in [0.15, 0.2) is 0 Å². The predicted octanol–water partition coefficient (Wildman–Crippen LogP) is 5.73. The van der Waals surface area contributed by atoms with E-state index in [2.05, 4.69) is 16.0 Å². The van der Waals surface area contributed by atoms with E-state index in [1.54, 1.807) is 54.4 Å². The number of amides is 3. The van der Waals surface area contributed by atoms with Crippen LogP contribution in [0.25, 0.3) is 0 Å². The Morgan fingerprint density at radius 2 is 1.57 bits per heavy atom. The van der Waals surface area contributed by atoms with Crippen LogP contribution in [-0.4, -0.2) is 37.4 Å². The molecule has 0 spiro atoms. The molecule has 1 aliphatic carbocycles. The van der Waals surface area contributed by atoms with E-state index in [4.69, 9.17) is 11.6 Å². The second kappa shape index (κ2) is 12.4. The third-order valence-electron chi connectivity index (χ3n) is 6.47. The van der Waals surface area contributed by atoms with Gasteiger partial charge in [-0.25, -0.2) is 0 Å². The number of nitrogens with one attached hydrogen (secondary N) is 3. The number of para-hydroxylation sites is 1. The van der Waals surface area contributed by atoms with Gasteiger partial charge in [-0.05, 0) is 67.4 Å². The molecular formula is C29H31ClN4O3. The van der Waals surface area contributed by atoms with E-state index in [0.717, 1.165) is 31.4 Å². The van der Waals surface area contributed by atoms with Gasteiger partial charge in [0.05, 0.1) is 17.1 Å². The number of carbonyl (C=O) groups is 3. The van der Waals surface area contributed by atoms with Crippen LogP contribution in [0.5, 0.6) is 0 Å². The van der Waals surface area contributed by atoms with Crippen molar-refractivity contribution in [3.05, 3.63) is 88.9 Å². The second-order valence-electron chi connectivity index (χ2n) is 9.18. The summed E-state index contributed by atoms with van der Waals surface area (Å²) in [4.78, 5) is 39.6. The predicted molar refractivity (Wildman–Crippen MR) is 149 cm³/mol. The van der Waals surface area contributed by atoms with Crippen LogP contribution in [0.4, 0.5) is 17.1 Å². The van der Waals surface area contributed by atoms with Crippen LogP contribution in [-0.2, 0) is 4.79 Å². The highest BCUT2D eigenvalue weighted by molar-refractivity contribution is 6.34. The summed E-state index contributed by atoms with van der Waals surface area (Å²) in [6, 6.07) is 21.4. The minimum Gasteiger partial charge on any atom is -0.376 e. The van der Waals surface area contributed by atoms with Crippen molar-refractivity contribution >= 4 is 46.4 Å². The zero-order chi connectivity index (χ0) is 26.2. The van der Waals surface area contributed by atoms with Crippen LogP contribution in [0.1, 0.15) is 52.8 Å². The van der Waals surface area contributed by atoms with Crippen molar-refractivity contribution < 1.29 is 14.4 Å². The first-order valence-corrected chi connectivity index (χ1v) is 12.9. The summed E-state index contributed by atoms with van der Waals surface area (Å²) < 4.78 is 0. The molecule has 0 heterocycles. The number of rotatable bonds is 8. The van der Waals surface area contributed by atoms with Crippen molar-refractivity contribution in [2.75, 3.05) is 29.1 Å². The monoisotopic (exact) mass is 518 g/mol. The van der Waals surface area contributed by atoms with E-state index in [1.165, 1.54) is 6.42 Å². The zero-order valence-corrected chi connectivity index (χ0v) is 21.6. The highest BCUT2D eigenvalue weighted by atomic mass is 35.5. The maximum absolute atomic E-state index is 12.7. The molecule has 3 aromatic rings. The second-order valence-corrected chi connectivity index (χ2v) is 9.59. The number of anilines is 3. The lowest BCUT2D eigenvalue weighted by Gasteiger charge is -2.23. The van der Waals surface area contributed by atoms with Gasteiger partial charge in [-0.2, -0.15) is 0 Å². The maximum atomic E-state index is 12.7. The summed E-state index contributed by atoms with van der Waals surface area (Å²) in [6.07, 6.45) is 5.39. The molecule has 7 nitrogen and oxygen atoms in total. The molecule has 0 radical (unpaired) electrons. The Morgan fingerprint density at radius 1 is 0.892 bits per heavy atom. The summed E-state index contributed by atoms with van der Waals surface area (Å²) in [5.41, 5.74) is 2.90. The molecule has 0 bridgehead atoms. The molecular weight excluding hydrogens is 488 g/mol. The molecule has 37 heavy (non-hydrogen) atoms. The summed E-state index contributed by atoms with van der Waals surface area (Å²) >= 11 is 6.26. The summed E-state index contributed by atoms with van der Waals surface area (Å²) in [5.74, 6) is -0.620. The van der Waals surface area contributed by atoms with E-state index in [1.807, 2.05) is 30.3 Å². The number of nitrogens with zero attached hydrogens (tertiary/aromatic N) is 1. The van der Waals surface area contributed by atoms with Gasteiger partial charge < -0.3 is 20.9 Å². The Hall–Kier alpha value is -3.84. The van der Waals surface area contributed by atoms with Gasteiger partial charge in [-0.3, -0.25) is 14.4 Å². The van der Waals surface area contributed by atoms with Gasteiger partial charge in [-0.1, -0.05) is 49.1 Å². The van der Waals surface area contributed by atoms with Gasteiger partial charge >= 0.3 is 0 Å². The molecule has 0 saturated heterocycles. The van der Waals surface area contributed by atoms with E-state index >= 15 is 0 Å². The average molecular weight is 519 g/mol. The van der Waals surface area contributed by atoms with Crippen LogP contribution in [0.2, 0.25) is 5.02 Å². The van der Waals surface area contributed by atoms with Crippen molar-refractivity contribution in [3.63, 3.8) is 0 Å². The van der Waals surface area contributed by atoms with E-state index in [0.29, 0.717) is 27.5 Å². The average Bonchev–Trinajstić information content (AvgIpc) is 2.93. The first-order chi connectivity index (χ1) is 17.9. The Balaban J connectivity index is 1.30. The number of benzene rings is 3. The van der Waals surface area contributed by atoms with Gasteiger partial charge in [0.25, 0.3) is 11.8 Å². The van der Waals surface area contributed by atoms with Crippen LogP contribution < -0.4 is 20.9 Å². The van der Waals surface area contributed by atoms with Crippen LogP contribution in [0.3, 0.4) is 0 Å². The molecule has 1 fully saturated rings. The molecule has 0 aliphatic heterocycles. The fourth-order valence-electron chi connectivity index (χ4n) is 4.37. The maximum Gasteiger partial charge on any atom is 0.258 e. The summed E-state index contributed by atoms with van der Waals surface area (Å²) in [7, 11) is 1.73. The standard InChI is InChI=1S/C29H31ClN4O3/c1-34(24-10-6-3-7-11-24)29(37)20-12-14-21(15-13-20)31-19-27(35)32-23-16-17-26(30)25(18-23)28(36)33-22-8-4-2-5-9-22/h3,6-7,10-18,22,31H,2,4-5,8-9,19H2,1H3,(H,32,35)(H,33,36). The summed E-state index contributed by atoms with van der Waals surface area (Å²) in [6.45, 7) is 0.0173. The van der Waals surface area contributed by atoms with Crippen molar-refractivity contribution in [3.8, 4) is 0 Å². The Morgan fingerprint density at radius 3 is 2.27 bits per heavy atom. The molecule has 8 heteroatoms. The Kier molecular flexibility index (Phi) is 8.80. The zero-order valence-electron chi connectivity index (χ0n) is 20.8. The topological polar surface area (TPSA) is 90.5 Å². The van der Waals surface area contributed by atoms with Crippen molar-refractivity contribution in [1.29, 1.82) is 0 Å². The lowest BCUT2D eigenvalue weighted by molar-refractivity contribution is -0.114. The lowest BCUT2D eigenvalue weighted by atomic mass is 9.95. The fraction of sp³-hybridized carbons (Fsp3) is 0.276. The molecule has 192 valence electrons. The van der Waals surface area contributed by atoms with E-state index < -0.39 is 0 Å². The van der Waals surface area contributed by atoms with Gasteiger partial charge in [0.1, 0.15) is 0 Å². The van der Waals surface area contributed by atoms with Gasteiger partial charge in [0, 0.05) is 35.7 Å². The minimum atomic E-state index is -0.273. The normalized spacial score (nSPS) is 13.5. The first-order valence-electron chi connectivity index (χ1n) is 12.5. The smallest absolute Gasteiger partial charge is 0.258 e. The quantitative estimate of drug-likeness (QED) is 0.355. The fourth-order valence-corrected chi connectivity index (χ4v) is 4.57. The van der Waals surface area contributed by atoms with Gasteiger partial charge in [0.2, 0.25) is 5.91 Å². The minimum absolute atomic E-state index is 0.0173. The molecule has 3 aromatic carbocycles. The van der Waals surface area contributed by atoms with Crippen molar-refractivity contribution in [2.45, 2.75) is 38.1 Å². The molecule has 1 aliphatic rings. The molecule has 3 N–H and O–H groups in total. The molecule has 0 atom stereocenters.